The van der Waals surface area contributed by atoms with Gasteiger partial charge in [-0.25, -0.2) is 19.9 Å². The van der Waals surface area contributed by atoms with Crippen molar-refractivity contribution < 1.29 is 4.79 Å². The molecule has 0 bridgehead atoms. The summed E-state index contributed by atoms with van der Waals surface area (Å²) in [6.45, 7) is 5.48. The first kappa shape index (κ1) is 13.9. The molecule has 0 saturated carbocycles. The summed E-state index contributed by atoms with van der Waals surface area (Å²) in [5.41, 5.74) is 6.12. The van der Waals surface area contributed by atoms with Gasteiger partial charge in [-0.15, -0.1) is 0 Å². The highest BCUT2D eigenvalue weighted by Crippen LogP contribution is 2.17. The summed E-state index contributed by atoms with van der Waals surface area (Å²) in [4.78, 5) is 28.2. The Labute approximate surface area is 116 Å². The smallest absolute Gasteiger partial charge is 0.230 e. The van der Waals surface area contributed by atoms with Crippen LogP contribution in [0.5, 0.6) is 0 Å². The Balaban J connectivity index is 2.14. The number of carbonyl (C=O) groups is 1. The van der Waals surface area contributed by atoms with Gasteiger partial charge in [0.25, 0.3) is 0 Å². The van der Waals surface area contributed by atoms with E-state index in [0.29, 0.717) is 23.0 Å². The monoisotopic (exact) mass is 272 g/mol. The third-order valence-electron chi connectivity index (χ3n) is 2.51. The van der Waals surface area contributed by atoms with Crippen molar-refractivity contribution in [1.29, 1.82) is 0 Å². The summed E-state index contributed by atoms with van der Waals surface area (Å²) in [5, 5.41) is 2.70. The Kier molecular flexibility index (Phi) is 3.60. The second kappa shape index (κ2) is 5.20. The Hall–Kier alpha value is -2.57. The molecule has 2 heterocycles. The van der Waals surface area contributed by atoms with Crippen molar-refractivity contribution in [1.82, 2.24) is 19.9 Å². The van der Waals surface area contributed by atoms with Crippen LogP contribution in [0.15, 0.2) is 24.8 Å². The molecule has 20 heavy (non-hydrogen) atoms. The Morgan fingerprint density at radius 3 is 2.05 bits per heavy atom. The van der Waals surface area contributed by atoms with E-state index in [0.717, 1.165) is 0 Å². The van der Waals surface area contributed by atoms with E-state index in [9.17, 15) is 4.79 Å². The Morgan fingerprint density at radius 2 is 1.60 bits per heavy atom. The molecule has 0 aromatic carbocycles. The molecule has 0 radical (unpaired) electrons. The van der Waals surface area contributed by atoms with E-state index >= 15 is 0 Å². The lowest BCUT2D eigenvalue weighted by Gasteiger charge is -2.16. The summed E-state index contributed by atoms with van der Waals surface area (Å²) in [7, 11) is 0. The molecule has 7 heteroatoms. The van der Waals surface area contributed by atoms with Crippen LogP contribution >= 0.6 is 0 Å². The fraction of sp³-hybridized carbons (Fsp3) is 0.308. The van der Waals surface area contributed by atoms with Crippen LogP contribution in [0.4, 0.5) is 11.6 Å². The largest absolute Gasteiger partial charge is 0.382 e. The number of nitrogens with two attached hydrogens (primary N) is 1. The van der Waals surface area contributed by atoms with E-state index in [2.05, 4.69) is 25.3 Å². The van der Waals surface area contributed by atoms with Crippen LogP contribution in [-0.4, -0.2) is 25.8 Å². The van der Waals surface area contributed by atoms with Gasteiger partial charge in [0.1, 0.15) is 17.2 Å². The molecule has 0 unspecified atom stereocenters. The van der Waals surface area contributed by atoms with Crippen molar-refractivity contribution in [3.8, 4) is 11.4 Å². The summed E-state index contributed by atoms with van der Waals surface area (Å²) in [6.07, 6.45) is 5.98. The van der Waals surface area contributed by atoms with Gasteiger partial charge in [-0.05, 0) is 0 Å². The predicted octanol–water partition coefficient (Wildman–Crippen LogP) is 1.50. The molecule has 0 spiro atoms. The number of anilines is 2. The third kappa shape index (κ3) is 3.25. The molecular weight excluding hydrogens is 256 g/mol. The van der Waals surface area contributed by atoms with Gasteiger partial charge in [-0.3, -0.25) is 4.79 Å². The zero-order chi connectivity index (χ0) is 14.8. The molecule has 2 aromatic rings. The molecular formula is C13H16N6O. The van der Waals surface area contributed by atoms with Gasteiger partial charge < -0.3 is 11.1 Å². The molecule has 0 fully saturated rings. The minimum absolute atomic E-state index is 0.119. The van der Waals surface area contributed by atoms with Crippen LogP contribution in [0, 0.1) is 5.41 Å². The molecule has 1 amide bonds. The van der Waals surface area contributed by atoms with Crippen LogP contribution in [0.2, 0.25) is 0 Å². The fourth-order valence-corrected chi connectivity index (χ4v) is 1.30. The topological polar surface area (TPSA) is 107 Å². The van der Waals surface area contributed by atoms with Gasteiger partial charge >= 0.3 is 0 Å². The van der Waals surface area contributed by atoms with Crippen LogP contribution in [0.25, 0.3) is 11.4 Å². The predicted molar refractivity (Wildman–Crippen MR) is 75.6 cm³/mol. The highest BCUT2D eigenvalue weighted by atomic mass is 16.2. The number of hydrogen-bond donors (Lipinski definition) is 2. The lowest BCUT2D eigenvalue weighted by atomic mass is 9.96. The highest BCUT2D eigenvalue weighted by molar-refractivity contribution is 5.93. The quantitative estimate of drug-likeness (QED) is 0.858. The summed E-state index contributed by atoms with van der Waals surface area (Å²) >= 11 is 0. The van der Waals surface area contributed by atoms with E-state index in [4.69, 9.17) is 5.73 Å². The Bertz CT molecular complexity index is 600. The van der Waals surface area contributed by atoms with E-state index in [1.165, 1.54) is 24.8 Å². The van der Waals surface area contributed by atoms with Crippen molar-refractivity contribution in [2.24, 2.45) is 5.41 Å². The van der Waals surface area contributed by atoms with Crippen LogP contribution < -0.4 is 11.1 Å². The zero-order valence-corrected chi connectivity index (χ0v) is 11.6. The number of nitrogen functional groups attached to an aromatic ring is 1. The molecule has 0 saturated heterocycles. The number of aromatic nitrogens is 4. The number of rotatable bonds is 2. The first-order valence-corrected chi connectivity index (χ1v) is 6.07. The van der Waals surface area contributed by atoms with Crippen molar-refractivity contribution in [3.63, 3.8) is 0 Å². The maximum atomic E-state index is 11.8. The second-order valence-electron chi connectivity index (χ2n) is 5.32. The van der Waals surface area contributed by atoms with Gasteiger partial charge in [-0.1, -0.05) is 20.8 Å². The molecule has 0 aliphatic heterocycles. The number of carbonyl (C=O) groups excluding carboxylic acids is 1. The minimum atomic E-state index is -0.483. The van der Waals surface area contributed by atoms with Gasteiger partial charge in [0, 0.05) is 5.41 Å². The number of nitrogens with one attached hydrogen (secondary N) is 1. The maximum absolute atomic E-state index is 11.8. The molecule has 0 atom stereocenters. The highest BCUT2D eigenvalue weighted by Gasteiger charge is 2.21. The molecule has 0 aliphatic rings. The summed E-state index contributed by atoms with van der Waals surface area (Å²) < 4.78 is 0. The molecule has 104 valence electrons. The maximum Gasteiger partial charge on any atom is 0.230 e. The molecule has 2 rings (SSSR count). The first-order valence-electron chi connectivity index (χ1n) is 6.07. The molecule has 7 nitrogen and oxygen atoms in total. The summed E-state index contributed by atoms with van der Waals surface area (Å²) in [6, 6.07) is 0. The van der Waals surface area contributed by atoms with E-state index < -0.39 is 5.41 Å². The lowest BCUT2D eigenvalue weighted by Crippen LogP contribution is -2.28. The summed E-state index contributed by atoms with van der Waals surface area (Å²) in [5.74, 6) is 0.625. The van der Waals surface area contributed by atoms with Gasteiger partial charge in [0.2, 0.25) is 5.91 Å². The van der Waals surface area contributed by atoms with Crippen molar-refractivity contribution in [2.75, 3.05) is 11.1 Å². The Morgan fingerprint density at radius 1 is 1.00 bits per heavy atom. The van der Waals surface area contributed by atoms with Gasteiger partial charge in [-0.2, -0.15) is 0 Å². The zero-order valence-electron chi connectivity index (χ0n) is 11.6. The average Bonchev–Trinajstić information content (AvgIpc) is 2.39. The van der Waals surface area contributed by atoms with Gasteiger partial charge in [0.05, 0.1) is 24.8 Å². The lowest BCUT2D eigenvalue weighted by molar-refractivity contribution is -0.123. The van der Waals surface area contributed by atoms with Crippen LogP contribution in [0.3, 0.4) is 0 Å². The van der Waals surface area contributed by atoms with Crippen molar-refractivity contribution in [3.05, 3.63) is 24.8 Å². The third-order valence-corrected chi connectivity index (χ3v) is 2.51. The van der Waals surface area contributed by atoms with Crippen molar-refractivity contribution >= 4 is 17.5 Å². The first-order chi connectivity index (χ1) is 9.36. The number of amides is 1. The van der Waals surface area contributed by atoms with E-state index in [1.54, 1.807) is 0 Å². The minimum Gasteiger partial charge on any atom is -0.382 e. The van der Waals surface area contributed by atoms with E-state index in [1.807, 2.05) is 20.8 Å². The normalized spacial score (nSPS) is 11.2. The number of hydrogen-bond acceptors (Lipinski definition) is 6. The average molecular weight is 272 g/mol. The molecule has 2 aromatic heterocycles. The SMILES string of the molecule is CC(C)(C)C(=O)Nc1cnc(-c2cnc(N)cn2)cn1. The van der Waals surface area contributed by atoms with Gasteiger partial charge in [0.15, 0.2) is 5.82 Å². The van der Waals surface area contributed by atoms with Crippen molar-refractivity contribution in [2.45, 2.75) is 20.8 Å². The van der Waals surface area contributed by atoms with E-state index in [-0.39, 0.29) is 5.91 Å². The molecule has 0 aliphatic carbocycles. The second-order valence-corrected chi connectivity index (χ2v) is 5.32. The van der Waals surface area contributed by atoms with Crippen LogP contribution in [-0.2, 0) is 4.79 Å². The fourth-order valence-electron chi connectivity index (χ4n) is 1.30. The molecule has 3 N–H and O–H groups in total. The standard InChI is InChI=1S/C13H16N6O/c1-13(2,3)12(20)19-11-7-16-9(5-18-11)8-4-17-10(14)6-15-8/h4-7H,1-3H3,(H2,14,17)(H,18,19,20). The number of nitrogens with zero attached hydrogens (tertiary/aromatic N) is 4. The van der Waals surface area contributed by atoms with Crippen LogP contribution in [0.1, 0.15) is 20.8 Å².